The van der Waals surface area contributed by atoms with Gasteiger partial charge in [0.1, 0.15) is 0 Å². The Balaban J connectivity index is 2.63. The van der Waals surface area contributed by atoms with E-state index in [4.69, 9.17) is 0 Å². The van der Waals surface area contributed by atoms with E-state index in [2.05, 4.69) is 48.7 Å². The van der Waals surface area contributed by atoms with Crippen LogP contribution < -0.4 is 10.2 Å². The summed E-state index contributed by atoms with van der Waals surface area (Å²) in [6.45, 7) is 11.1. The first-order valence-electron chi connectivity index (χ1n) is 6.60. The second-order valence-corrected chi connectivity index (χ2v) is 5.03. The van der Waals surface area contributed by atoms with Crippen molar-refractivity contribution in [2.24, 2.45) is 5.92 Å². The van der Waals surface area contributed by atoms with E-state index in [1.54, 1.807) is 0 Å². The molecule has 3 nitrogen and oxygen atoms in total. The zero-order valence-electron chi connectivity index (χ0n) is 11.8. The number of hydrogen-bond acceptors (Lipinski definition) is 3. The van der Waals surface area contributed by atoms with E-state index in [1.165, 1.54) is 11.3 Å². The minimum atomic E-state index is 0.675. The maximum atomic E-state index is 4.22. The number of nitrogens with one attached hydrogen (secondary N) is 1. The number of anilines is 1. The van der Waals surface area contributed by atoms with Gasteiger partial charge in [0.2, 0.25) is 0 Å². The van der Waals surface area contributed by atoms with Crippen LogP contribution in [0, 0.1) is 5.92 Å². The lowest BCUT2D eigenvalue weighted by molar-refractivity contribution is 0.552. The number of pyridine rings is 1. The van der Waals surface area contributed by atoms with Gasteiger partial charge in [-0.2, -0.15) is 0 Å². The van der Waals surface area contributed by atoms with Gasteiger partial charge in [-0.1, -0.05) is 19.9 Å². The molecular weight excluding hydrogens is 222 g/mol. The minimum Gasteiger partial charge on any atom is -0.373 e. The Morgan fingerprint density at radius 1 is 1.50 bits per heavy atom. The summed E-state index contributed by atoms with van der Waals surface area (Å²) in [4.78, 5) is 6.46. The van der Waals surface area contributed by atoms with E-state index in [0.717, 1.165) is 26.1 Å². The normalized spacial score (nSPS) is 10.7. The lowest BCUT2D eigenvalue weighted by atomic mass is 10.2. The molecule has 1 aromatic rings. The van der Waals surface area contributed by atoms with Crippen LogP contribution in [0.1, 0.15) is 25.8 Å². The Bertz CT molecular complexity index is 361. The Morgan fingerprint density at radius 2 is 2.28 bits per heavy atom. The van der Waals surface area contributed by atoms with Crippen molar-refractivity contribution in [3.63, 3.8) is 0 Å². The van der Waals surface area contributed by atoms with Crippen LogP contribution in [-0.2, 0) is 6.54 Å². The summed E-state index contributed by atoms with van der Waals surface area (Å²) in [5.74, 6) is 0.675. The highest BCUT2D eigenvalue weighted by atomic mass is 15.1. The molecule has 18 heavy (non-hydrogen) atoms. The summed E-state index contributed by atoms with van der Waals surface area (Å²) in [6, 6.07) is 2.09. The third kappa shape index (κ3) is 4.88. The largest absolute Gasteiger partial charge is 0.373 e. The molecule has 1 rings (SSSR count). The van der Waals surface area contributed by atoms with E-state index in [9.17, 15) is 0 Å². The van der Waals surface area contributed by atoms with Crippen LogP contribution in [0.25, 0.3) is 0 Å². The quantitative estimate of drug-likeness (QED) is 0.716. The summed E-state index contributed by atoms with van der Waals surface area (Å²) in [6.07, 6.45) is 6.74. The predicted molar refractivity (Wildman–Crippen MR) is 78.9 cm³/mol. The monoisotopic (exact) mass is 247 g/mol. The molecule has 0 unspecified atom stereocenters. The molecule has 1 aromatic heterocycles. The topological polar surface area (TPSA) is 28.2 Å². The van der Waals surface area contributed by atoms with Crippen LogP contribution in [0.15, 0.2) is 31.1 Å². The third-order valence-electron chi connectivity index (χ3n) is 2.84. The lowest BCUT2D eigenvalue weighted by Crippen LogP contribution is -2.23. The van der Waals surface area contributed by atoms with Crippen LogP contribution in [0.4, 0.5) is 5.69 Å². The third-order valence-corrected chi connectivity index (χ3v) is 2.84. The van der Waals surface area contributed by atoms with E-state index in [1.807, 2.05) is 18.5 Å². The van der Waals surface area contributed by atoms with Crippen molar-refractivity contribution >= 4 is 5.69 Å². The van der Waals surface area contributed by atoms with Crippen LogP contribution in [-0.4, -0.2) is 25.1 Å². The molecule has 0 aliphatic carbocycles. The van der Waals surface area contributed by atoms with Gasteiger partial charge in [0, 0.05) is 26.3 Å². The van der Waals surface area contributed by atoms with E-state index >= 15 is 0 Å². The van der Waals surface area contributed by atoms with E-state index in [-0.39, 0.29) is 0 Å². The van der Waals surface area contributed by atoms with E-state index < -0.39 is 0 Å². The highest BCUT2D eigenvalue weighted by Crippen LogP contribution is 2.17. The van der Waals surface area contributed by atoms with Gasteiger partial charge in [-0.15, -0.1) is 6.58 Å². The van der Waals surface area contributed by atoms with Crippen molar-refractivity contribution < 1.29 is 0 Å². The molecular formula is C15H25N3. The van der Waals surface area contributed by atoms with Gasteiger partial charge in [-0.3, -0.25) is 4.98 Å². The van der Waals surface area contributed by atoms with Crippen molar-refractivity contribution in [2.75, 3.05) is 25.0 Å². The zero-order chi connectivity index (χ0) is 13.4. The molecule has 100 valence electrons. The summed E-state index contributed by atoms with van der Waals surface area (Å²) in [5, 5.41) is 3.48. The average molecular weight is 247 g/mol. The Hall–Kier alpha value is -1.35. The minimum absolute atomic E-state index is 0.675. The first-order chi connectivity index (χ1) is 8.65. The van der Waals surface area contributed by atoms with Crippen LogP contribution in [0.5, 0.6) is 0 Å². The zero-order valence-corrected chi connectivity index (χ0v) is 11.8. The molecule has 0 aromatic carbocycles. The van der Waals surface area contributed by atoms with Crippen LogP contribution in [0.3, 0.4) is 0 Å². The molecule has 0 radical (unpaired) electrons. The Kier molecular flexibility index (Phi) is 6.44. The second-order valence-electron chi connectivity index (χ2n) is 5.03. The fourth-order valence-electron chi connectivity index (χ4n) is 1.81. The lowest BCUT2D eigenvalue weighted by Gasteiger charge is -2.21. The molecule has 1 heterocycles. The number of rotatable bonds is 8. The molecule has 0 aliphatic rings. The molecule has 0 fully saturated rings. The summed E-state index contributed by atoms with van der Waals surface area (Å²) < 4.78 is 0. The Labute approximate surface area is 111 Å². The fourth-order valence-corrected chi connectivity index (χ4v) is 1.81. The van der Waals surface area contributed by atoms with Crippen LogP contribution >= 0.6 is 0 Å². The smallest absolute Gasteiger partial charge is 0.0595 e. The SMILES string of the molecule is C=CCCN(C)c1cnccc1CNCC(C)C. The fraction of sp³-hybridized carbons (Fsp3) is 0.533. The second kappa shape index (κ2) is 7.88. The highest BCUT2D eigenvalue weighted by Gasteiger charge is 2.06. The summed E-state index contributed by atoms with van der Waals surface area (Å²) >= 11 is 0. The molecule has 0 saturated carbocycles. The average Bonchev–Trinajstić information content (AvgIpc) is 2.36. The first kappa shape index (κ1) is 14.7. The molecule has 0 saturated heterocycles. The van der Waals surface area contributed by atoms with Crippen molar-refractivity contribution in [3.05, 3.63) is 36.7 Å². The van der Waals surface area contributed by atoms with Crippen molar-refractivity contribution in [3.8, 4) is 0 Å². The Morgan fingerprint density at radius 3 is 2.94 bits per heavy atom. The molecule has 3 heteroatoms. The standard InChI is InChI=1S/C15H25N3/c1-5-6-9-18(4)15-12-16-8-7-14(15)11-17-10-13(2)3/h5,7-8,12-13,17H,1,6,9-11H2,2-4H3. The molecule has 0 spiro atoms. The van der Waals surface area contributed by atoms with Crippen LogP contribution in [0.2, 0.25) is 0 Å². The van der Waals surface area contributed by atoms with Gasteiger partial charge < -0.3 is 10.2 Å². The molecule has 1 N–H and O–H groups in total. The van der Waals surface area contributed by atoms with Crippen molar-refractivity contribution in [1.82, 2.24) is 10.3 Å². The maximum absolute atomic E-state index is 4.22. The van der Waals surface area contributed by atoms with Gasteiger partial charge in [0.15, 0.2) is 0 Å². The number of hydrogen-bond donors (Lipinski definition) is 1. The number of nitrogens with zero attached hydrogens (tertiary/aromatic N) is 2. The molecule has 0 aliphatic heterocycles. The van der Waals surface area contributed by atoms with Gasteiger partial charge in [0.05, 0.1) is 11.9 Å². The maximum Gasteiger partial charge on any atom is 0.0595 e. The van der Waals surface area contributed by atoms with Gasteiger partial charge >= 0.3 is 0 Å². The number of aromatic nitrogens is 1. The van der Waals surface area contributed by atoms with E-state index in [0.29, 0.717) is 5.92 Å². The first-order valence-corrected chi connectivity index (χ1v) is 6.60. The summed E-state index contributed by atoms with van der Waals surface area (Å²) in [5.41, 5.74) is 2.51. The van der Waals surface area contributed by atoms with Crippen molar-refractivity contribution in [2.45, 2.75) is 26.8 Å². The molecule has 0 bridgehead atoms. The summed E-state index contributed by atoms with van der Waals surface area (Å²) in [7, 11) is 2.10. The van der Waals surface area contributed by atoms with Crippen molar-refractivity contribution in [1.29, 1.82) is 0 Å². The molecule has 0 amide bonds. The predicted octanol–water partition coefficient (Wildman–Crippen LogP) is 2.84. The molecule has 0 atom stereocenters. The van der Waals surface area contributed by atoms with Gasteiger partial charge in [-0.05, 0) is 30.5 Å². The highest BCUT2D eigenvalue weighted by molar-refractivity contribution is 5.50. The van der Waals surface area contributed by atoms with Gasteiger partial charge in [-0.25, -0.2) is 0 Å². The van der Waals surface area contributed by atoms with Gasteiger partial charge in [0.25, 0.3) is 0 Å².